The van der Waals surface area contributed by atoms with Crippen LogP contribution in [0.5, 0.6) is 0 Å². The second-order valence-electron chi connectivity index (χ2n) is 4.81. The van der Waals surface area contributed by atoms with Crippen molar-refractivity contribution in [2.75, 3.05) is 19.7 Å². The molecule has 1 aromatic carbocycles. The molecule has 0 fully saturated rings. The van der Waals surface area contributed by atoms with E-state index in [-0.39, 0.29) is 6.61 Å². The van der Waals surface area contributed by atoms with Gasteiger partial charge in [-0.2, -0.15) is 0 Å². The largest absolute Gasteiger partial charge is 0.464 e. The average molecular weight is 286 g/mol. The number of amidine groups is 1. The number of aliphatic hydroxyl groups is 1. The summed E-state index contributed by atoms with van der Waals surface area (Å²) in [6.07, 6.45) is 2.38. The minimum atomic E-state index is 0.154. The van der Waals surface area contributed by atoms with Crippen LogP contribution < -0.4 is 0 Å². The highest BCUT2D eigenvalue weighted by molar-refractivity contribution is 8.17. The summed E-state index contributed by atoms with van der Waals surface area (Å²) in [7, 11) is 0. The van der Waals surface area contributed by atoms with E-state index in [2.05, 4.69) is 22.0 Å². The molecular formula is C15H14N2O2S. The lowest BCUT2D eigenvalue weighted by Crippen LogP contribution is -2.20. The molecule has 2 aromatic rings. The van der Waals surface area contributed by atoms with E-state index in [1.165, 1.54) is 4.91 Å². The van der Waals surface area contributed by atoms with Gasteiger partial charge in [0.25, 0.3) is 0 Å². The number of furan rings is 1. The van der Waals surface area contributed by atoms with Crippen molar-refractivity contribution in [2.45, 2.75) is 6.42 Å². The predicted octanol–water partition coefficient (Wildman–Crippen LogP) is 2.90. The zero-order valence-electron chi connectivity index (χ0n) is 10.9. The molecule has 0 saturated heterocycles. The second kappa shape index (κ2) is 4.68. The van der Waals surface area contributed by atoms with Gasteiger partial charge in [-0.3, -0.25) is 4.99 Å². The molecule has 0 bridgehead atoms. The van der Waals surface area contributed by atoms with Crippen LogP contribution in [-0.4, -0.2) is 34.9 Å². The zero-order valence-corrected chi connectivity index (χ0v) is 11.7. The molecule has 4 rings (SSSR count). The van der Waals surface area contributed by atoms with Crippen molar-refractivity contribution in [1.82, 2.24) is 4.90 Å². The Labute approximate surface area is 120 Å². The van der Waals surface area contributed by atoms with E-state index < -0.39 is 0 Å². The maximum Gasteiger partial charge on any atom is 0.168 e. The van der Waals surface area contributed by atoms with Crippen molar-refractivity contribution in [2.24, 2.45) is 4.99 Å². The molecular weight excluding hydrogens is 272 g/mol. The number of hydrogen-bond acceptors (Lipinski definition) is 5. The van der Waals surface area contributed by atoms with Crippen LogP contribution in [0.1, 0.15) is 12.0 Å². The SMILES string of the molecule is OCCC1=C(c2cccc3ccoc23)N2CCN=C2S1. The van der Waals surface area contributed by atoms with Crippen molar-refractivity contribution in [3.05, 3.63) is 41.0 Å². The number of rotatable bonds is 3. The van der Waals surface area contributed by atoms with Gasteiger partial charge in [-0.1, -0.05) is 23.9 Å². The van der Waals surface area contributed by atoms with E-state index >= 15 is 0 Å². The maximum absolute atomic E-state index is 9.30. The molecule has 20 heavy (non-hydrogen) atoms. The minimum absolute atomic E-state index is 0.154. The molecule has 0 radical (unpaired) electrons. The number of thioether (sulfide) groups is 1. The molecule has 0 spiro atoms. The van der Waals surface area contributed by atoms with Gasteiger partial charge in [0, 0.05) is 35.4 Å². The van der Waals surface area contributed by atoms with Gasteiger partial charge in [-0.05, 0) is 12.1 Å². The van der Waals surface area contributed by atoms with Crippen LogP contribution in [0, 0.1) is 0 Å². The molecule has 2 aliphatic rings. The van der Waals surface area contributed by atoms with Crippen LogP contribution in [0.3, 0.4) is 0 Å². The molecule has 0 atom stereocenters. The average Bonchev–Trinajstić information content (AvgIpc) is 3.12. The minimum Gasteiger partial charge on any atom is -0.464 e. The molecule has 5 heteroatoms. The Morgan fingerprint density at radius 1 is 1.35 bits per heavy atom. The van der Waals surface area contributed by atoms with Gasteiger partial charge in [-0.15, -0.1) is 0 Å². The standard InChI is InChI=1S/C15H14N2O2S/c18-8-4-12-13(17-7-6-16-15(17)20-12)11-3-1-2-10-5-9-19-14(10)11/h1-3,5,9,18H,4,6-8H2. The number of nitrogens with zero attached hydrogens (tertiary/aromatic N) is 2. The van der Waals surface area contributed by atoms with Crippen molar-refractivity contribution >= 4 is 33.6 Å². The van der Waals surface area contributed by atoms with E-state index in [1.54, 1.807) is 18.0 Å². The number of aliphatic imine (C=N–C) groups is 1. The Kier molecular flexibility index (Phi) is 2.82. The highest BCUT2D eigenvalue weighted by atomic mass is 32.2. The lowest BCUT2D eigenvalue weighted by molar-refractivity contribution is 0.301. The monoisotopic (exact) mass is 286 g/mol. The van der Waals surface area contributed by atoms with Gasteiger partial charge >= 0.3 is 0 Å². The summed E-state index contributed by atoms with van der Waals surface area (Å²) in [5.74, 6) is 0. The van der Waals surface area contributed by atoms with Crippen LogP contribution in [0.4, 0.5) is 0 Å². The fraction of sp³-hybridized carbons (Fsp3) is 0.267. The molecule has 1 aromatic heterocycles. The van der Waals surface area contributed by atoms with Gasteiger partial charge in [0.05, 0.1) is 18.5 Å². The Bertz CT molecular complexity index is 732. The first-order valence-corrected chi connectivity index (χ1v) is 7.50. The van der Waals surface area contributed by atoms with Crippen molar-refractivity contribution in [1.29, 1.82) is 0 Å². The summed E-state index contributed by atoms with van der Waals surface area (Å²) >= 11 is 1.67. The van der Waals surface area contributed by atoms with Crippen molar-refractivity contribution < 1.29 is 9.52 Å². The normalized spacial score (nSPS) is 18.1. The Hall–Kier alpha value is -1.72. The first-order valence-electron chi connectivity index (χ1n) is 6.69. The van der Waals surface area contributed by atoms with E-state index in [9.17, 15) is 5.11 Å². The third-order valence-electron chi connectivity index (χ3n) is 3.62. The number of benzene rings is 1. The van der Waals surface area contributed by atoms with Gasteiger partial charge in [0.1, 0.15) is 5.58 Å². The summed E-state index contributed by atoms with van der Waals surface area (Å²) in [6, 6.07) is 8.16. The third kappa shape index (κ3) is 1.70. The molecule has 1 N–H and O–H groups in total. The van der Waals surface area contributed by atoms with Crippen LogP contribution in [0.25, 0.3) is 16.7 Å². The van der Waals surface area contributed by atoms with Gasteiger partial charge in [0.2, 0.25) is 0 Å². The predicted molar refractivity (Wildman–Crippen MR) is 81.4 cm³/mol. The van der Waals surface area contributed by atoms with Gasteiger partial charge in [0.15, 0.2) is 5.17 Å². The summed E-state index contributed by atoms with van der Waals surface area (Å²) < 4.78 is 5.66. The van der Waals surface area contributed by atoms with Crippen LogP contribution in [0.15, 0.2) is 44.8 Å². The molecule has 0 saturated carbocycles. The first-order chi connectivity index (χ1) is 9.88. The third-order valence-corrected chi connectivity index (χ3v) is 4.80. The number of para-hydroxylation sites is 1. The smallest absolute Gasteiger partial charge is 0.168 e. The number of aliphatic hydroxyl groups excluding tert-OH is 1. The molecule has 0 unspecified atom stereocenters. The second-order valence-corrected chi connectivity index (χ2v) is 5.87. The zero-order chi connectivity index (χ0) is 13.5. The van der Waals surface area contributed by atoms with Crippen molar-refractivity contribution in [3.63, 3.8) is 0 Å². The van der Waals surface area contributed by atoms with Crippen molar-refractivity contribution in [3.8, 4) is 0 Å². The quantitative estimate of drug-likeness (QED) is 0.942. The fourth-order valence-electron chi connectivity index (χ4n) is 2.78. The summed E-state index contributed by atoms with van der Waals surface area (Å²) in [6.45, 7) is 1.90. The first kappa shape index (κ1) is 12.1. The molecule has 4 nitrogen and oxygen atoms in total. The highest BCUT2D eigenvalue weighted by Gasteiger charge is 2.33. The molecule has 0 aliphatic carbocycles. The topological polar surface area (TPSA) is 49.0 Å². The van der Waals surface area contributed by atoms with E-state index in [1.807, 2.05) is 12.1 Å². The lowest BCUT2D eigenvalue weighted by atomic mass is 10.1. The van der Waals surface area contributed by atoms with Crippen LogP contribution in [-0.2, 0) is 0 Å². The van der Waals surface area contributed by atoms with Crippen LogP contribution in [0.2, 0.25) is 0 Å². The van der Waals surface area contributed by atoms with E-state index in [0.29, 0.717) is 6.42 Å². The molecule has 3 heterocycles. The molecule has 102 valence electrons. The maximum atomic E-state index is 9.30. The van der Waals surface area contributed by atoms with Crippen LogP contribution >= 0.6 is 11.8 Å². The number of hydrogen-bond donors (Lipinski definition) is 1. The fourth-order valence-corrected chi connectivity index (χ4v) is 3.96. The Morgan fingerprint density at radius 2 is 2.30 bits per heavy atom. The summed E-state index contributed by atoms with van der Waals surface area (Å²) in [4.78, 5) is 7.94. The Morgan fingerprint density at radius 3 is 3.20 bits per heavy atom. The molecule has 0 amide bonds. The summed E-state index contributed by atoms with van der Waals surface area (Å²) in [5.41, 5.74) is 3.16. The van der Waals surface area contributed by atoms with Gasteiger partial charge in [-0.25, -0.2) is 0 Å². The van der Waals surface area contributed by atoms with E-state index in [4.69, 9.17) is 4.42 Å². The highest BCUT2D eigenvalue weighted by Crippen LogP contribution is 2.44. The summed E-state index contributed by atoms with van der Waals surface area (Å²) in [5, 5.41) is 11.5. The van der Waals surface area contributed by atoms with E-state index in [0.717, 1.165) is 40.5 Å². The van der Waals surface area contributed by atoms with Gasteiger partial charge < -0.3 is 14.4 Å². The lowest BCUT2D eigenvalue weighted by Gasteiger charge is -2.17. The molecule has 2 aliphatic heterocycles. The number of fused-ring (bicyclic) bond motifs is 2. The Balaban J connectivity index is 1.91.